The van der Waals surface area contributed by atoms with Gasteiger partial charge in [-0.3, -0.25) is 4.79 Å². The number of nitrogens with one attached hydrogen (secondary N) is 2. The molecule has 5 nitrogen and oxygen atoms in total. The third-order valence-corrected chi connectivity index (χ3v) is 4.55. The zero-order valence-corrected chi connectivity index (χ0v) is 14.7. The van der Waals surface area contributed by atoms with Gasteiger partial charge in [0.15, 0.2) is 0 Å². The van der Waals surface area contributed by atoms with Crippen molar-refractivity contribution in [2.24, 2.45) is 0 Å². The number of thiophene rings is 1. The maximum absolute atomic E-state index is 11.7. The summed E-state index contributed by atoms with van der Waals surface area (Å²) in [5.41, 5.74) is 1.24. The number of carbonyl (C=O) groups excluding carboxylic acids is 1. The van der Waals surface area contributed by atoms with E-state index in [0.29, 0.717) is 0 Å². The van der Waals surface area contributed by atoms with Crippen LogP contribution in [-0.4, -0.2) is 44.6 Å². The summed E-state index contributed by atoms with van der Waals surface area (Å²) in [5, 5.41) is 7.24. The highest BCUT2D eigenvalue weighted by Crippen LogP contribution is 2.33. The lowest BCUT2D eigenvalue weighted by Gasteiger charge is -2.30. The summed E-state index contributed by atoms with van der Waals surface area (Å²) in [4.78, 5) is 14.9. The van der Waals surface area contributed by atoms with Gasteiger partial charge in [0, 0.05) is 49.0 Å². The second-order valence-electron chi connectivity index (χ2n) is 4.62. The molecule has 1 aliphatic heterocycles. The standard InChI is InChI=1S/C14H17N3OS.2ClH.H2O/c1-15-14(18)13-9-10-11(3-2-4-12(10)19-13)17-7-5-16-6-8-17;;;/h2-4,9,16H,5-8H2,1H3,(H,15,18);2*1H;1H2. The fourth-order valence-electron chi connectivity index (χ4n) is 2.46. The van der Waals surface area contributed by atoms with Gasteiger partial charge in [0.25, 0.3) is 5.91 Å². The van der Waals surface area contributed by atoms with E-state index < -0.39 is 0 Å². The molecule has 1 saturated heterocycles. The van der Waals surface area contributed by atoms with E-state index in [9.17, 15) is 4.79 Å². The Labute approximate surface area is 146 Å². The molecule has 0 bridgehead atoms. The van der Waals surface area contributed by atoms with Crippen LogP contribution in [-0.2, 0) is 0 Å². The van der Waals surface area contributed by atoms with Crippen molar-refractivity contribution in [1.82, 2.24) is 10.6 Å². The predicted octanol–water partition coefficient (Wildman–Crippen LogP) is 1.69. The first kappa shape index (κ1) is 20.9. The van der Waals surface area contributed by atoms with Crippen molar-refractivity contribution in [1.29, 1.82) is 0 Å². The van der Waals surface area contributed by atoms with Gasteiger partial charge in [0.05, 0.1) is 4.88 Å². The van der Waals surface area contributed by atoms with Crippen LogP contribution in [0.15, 0.2) is 24.3 Å². The maximum Gasteiger partial charge on any atom is 0.261 e. The van der Waals surface area contributed by atoms with Crippen LogP contribution < -0.4 is 15.5 Å². The number of fused-ring (bicyclic) bond motifs is 1. The molecule has 0 unspecified atom stereocenters. The third-order valence-electron chi connectivity index (χ3n) is 3.45. The van der Waals surface area contributed by atoms with Crippen molar-refractivity contribution < 1.29 is 10.3 Å². The van der Waals surface area contributed by atoms with Gasteiger partial charge >= 0.3 is 0 Å². The van der Waals surface area contributed by atoms with Gasteiger partial charge in [0.2, 0.25) is 0 Å². The van der Waals surface area contributed by atoms with Gasteiger partial charge in [-0.15, -0.1) is 36.2 Å². The third kappa shape index (κ3) is 4.02. The molecule has 0 saturated carbocycles. The number of hydrogen-bond acceptors (Lipinski definition) is 4. The lowest BCUT2D eigenvalue weighted by atomic mass is 10.2. The molecule has 4 N–H and O–H groups in total. The maximum atomic E-state index is 11.7. The second kappa shape index (κ2) is 9.17. The van der Waals surface area contributed by atoms with Crippen molar-refractivity contribution in [2.75, 3.05) is 38.1 Å². The topological polar surface area (TPSA) is 75.9 Å². The van der Waals surface area contributed by atoms with E-state index in [1.807, 2.05) is 6.07 Å². The summed E-state index contributed by atoms with van der Waals surface area (Å²) in [5.74, 6) is -0.00698. The number of piperazine rings is 1. The summed E-state index contributed by atoms with van der Waals surface area (Å²) < 4.78 is 1.18. The first-order chi connectivity index (χ1) is 9.29. The van der Waals surface area contributed by atoms with Crippen LogP contribution in [0, 0.1) is 0 Å². The van der Waals surface area contributed by atoms with Crippen LogP contribution >= 0.6 is 36.2 Å². The zero-order valence-electron chi connectivity index (χ0n) is 12.2. The van der Waals surface area contributed by atoms with E-state index in [1.165, 1.54) is 15.8 Å². The van der Waals surface area contributed by atoms with Gasteiger partial charge in [0.1, 0.15) is 0 Å². The molecular formula is C14H21Cl2N3O2S. The second-order valence-corrected chi connectivity index (χ2v) is 5.70. The van der Waals surface area contributed by atoms with Gasteiger partial charge < -0.3 is 21.0 Å². The van der Waals surface area contributed by atoms with Gasteiger partial charge in [-0.2, -0.15) is 0 Å². The Hall–Kier alpha value is -1.05. The van der Waals surface area contributed by atoms with E-state index >= 15 is 0 Å². The molecule has 0 atom stereocenters. The average Bonchev–Trinajstić information content (AvgIpc) is 2.91. The van der Waals surface area contributed by atoms with Crippen LogP contribution in [0.2, 0.25) is 0 Å². The Balaban J connectivity index is 0.00000147. The Morgan fingerprint density at radius 3 is 2.59 bits per heavy atom. The fourth-order valence-corrected chi connectivity index (χ4v) is 3.49. The molecule has 3 rings (SSSR count). The lowest BCUT2D eigenvalue weighted by molar-refractivity contribution is 0.0967. The van der Waals surface area contributed by atoms with E-state index in [2.05, 4.69) is 33.7 Å². The number of anilines is 1. The highest BCUT2D eigenvalue weighted by Gasteiger charge is 2.16. The number of nitrogens with zero attached hydrogens (tertiary/aromatic N) is 1. The number of carbonyl (C=O) groups is 1. The number of hydrogen-bond donors (Lipinski definition) is 2. The molecule has 1 aliphatic rings. The van der Waals surface area contributed by atoms with Gasteiger partial charge in [-0.1, -0.05) is 6.07 Å². The summed E-state index contributed by atoms with van der Waals surface area (Å²) >= 11 is 1.55. The molecule has 2 heterocycles. The van der Waals surface area contributed by atoms with Gasteiger partial charge in [-0.25, -0.2) is 0 Å². The molecule has 0 aliphatic carbocycles. The molecule has 22 heavy (non-hydrogen) atoms. The fraction of sp³-hybridized carbons (Fsp3) is 0.357. The first-order valence-corrected chi connectivity index (χ1v) is 7.31. The highest BCUT2D eigenvalue weighted by molar-refractivity contribution is 7.20. The summed E-state index contributed by atoms with van der Waals surface area (Å²) in [6.45, 7) is 4.07. The SMILES string of the molecule is CNC(=O)c1cc2c(N3CCNCC3)cccc2s1.Cl.Cl.O. The molecule has 1 aromatic carbocycles. The quantitative estimate of drug-likeness (QED) is 0.849. The predicted molar refractivity (Wildman–Crippen MR) is 98.4 cm³/mol. The Morgan fingerprint density at radius 1 is 1.27 bits per heavy atom. The number of rotatable bonds is 2. The van der Waals surface area contributed by atoms with E-state index in [0.717, 1.165) is 31.1 Å². The molecule has 124 valence electrons. The van der Waals surface area contributed by atoms with E-state index in [-0.39, 0.29) is 36.2 Å². The zero-order chi connectivity index (χ0) is 13.2. The van der Waals surface area contributed by atoms with Crippen molar-refractivity contribution >= 4 is 57.8 Å². The largest absolute Gasteiger partial charge is 0.412 e. The van der Waals surface area contributed by atoms with E-state index in [4.69, 9.17) is 0 Å². The van der Waals surface area contributed by atoms with E-state index in [1.54, 1.807) is 18.4 Å². The Bertz CT molecular complexity index is 615. The Morgan fingerprint density at radius 2 is 1.95 bits per heavy atom. The molecule has 1 aromatic heterocycles. The van der Waals surface area contributed by atoms with Crippen LogP contribution in [0.5, 0.6) is 0 Å². The molecule has 1 fully saturated rings. The van der Waals surface area contributed by atoms with Crippen LogP contribution in [0.1, 0.15) is 9.67 Å². The smallest absolute Gasteiger partial charge is 0.261 e. The highest BCUT2D eigenvalue weighted by atomic mass is 35.5. The van der Waals surface area contributed by atoms with Crippen molar-refractivity contribution in [3.8, 4) is 0 Å². The normalized spacial score (nSPS) is 13.6. The van der Waals surface area contributed by atoms with Crippen molar-refractivity contribution in [2.45, 2.75) is 0 Å². The summed E-state index contributed by atoms with van der Waals surface area (Å²) in [7, 11) is 1.67. The average molecular weight is 366 g/mol. The number of halogens is 2. The lowest BCUT2D eigenvalue weighted by Crippen LogP contribution is -2.43. The molecular weight excluding hydrogens is 345 g/mol. The minimum Gasteiger partial charge on any atom is -0.412 e. The van der Waals surface area contributed by atoms with Crippen molar-refractivity contribution in [3.63, 3.8) is 0 Å². The molecule has 1 amide bonds. The van der Waals surface area contributed by atoms with Crippen molar-refractivity contribution in [3.05, 3.63) is 29.1 Å². The first-order valence-electron chi connectivity index (χ1n) is 6.50. The minimum absolute atomic E-state index is 0. The van der Waals surface area contributed by atoms with Crippen LogP contribution in [0.25, 0.3) is 10.1 Å². The Kier molecular flexibility index (Phi) is 8.73. The molecule has 0 radical (unpaired) electrons. The van der Waals surface area contributed by atoms with Crippen LogP contribution in [0.4, 0.5) is 5.69 Å². The molecule has 2 aromatic rings. The monoisotopic (exact) mass is 365 g/mol. The van der Waals surface area contributed by atoms with Gasteiger partial charge in [-0.05, 0) is 18.2 Å². The number of benzene rings is 1. The molecule has 8 heteroatoms. The summed E-state index contributed by atoms with van der Waals surface area (Å²) in [6, 6.07) is 8.31. The minimum atomic E-state index is -0.00698. The summed E-state index contributed by atoms with van der Waals surface area (Å²) in [6.07, 6.45) is 0. The molecule has 0 spiro atoms. The number of amides is 1. The van der Waals surface area contributed by atoms with Crippen LogP contribution in [0.3, 0.4) is 0 Å².